The molecule has 286 valence electrons. The number of ether oxygens (including phenoxy) is 5. The second kappa shape index (κ2) is 15.3. The van der Waals surface area contributed by atoms with Crippen molar-refractivity contribution in [2.24, 2.45) is 35.5 Å². The first-order valence-corrected chi connectivity index (χ1v) is 19.2. The number of Topliss-reactive ketones (excluding diaryl/α,β-unsaturated/α-hetero) is 1. The number of rotatable bonds is 3. The van der Waals surface area contributed by atoms with Crippen LogP contribution in [0.15, 0.2) is 23.8 Å². The molecule has 1 aliphatic carbocycles. The molecule has 0 saturated carbocycles. The van der Waals surface area contributed by atoms with Gasteiger partial charge in [-0.3, -0.25) is 9.59 Å². The third kappa shape index (κ3) is 7.35. The molecule has 6 fully saturated rings. The van der Waals surface area contributed by atoms with Gasteiger partial charge in [-0.25, -0.2) is 4.79 Å². The molecule has 5 bridgehead atoms. The van der Waals surface area contributed by atoms with Crippen LogP contribution in [0, 0.1) is 35.5 Å². The number of aliphatic hydroxyl groups is 3. The summed E-state index contributed by atoms with van der Waals surface area (Å²) >= 11 is 0. The fourth-order valence-corrected chi connectivity index (χ4v) is 9.41. The average molecular weight is 718 g/mol. The van der Waals surface area contributed by atoms with Gasteiger partial charge in [0.25, 0.3) is 5.91 Å². The summed E-state index contributed by atoms with van der Waals surface area (Å²) in [5.74, 6) is -7.69. The number of carbonyl (C=O) groups is 3. The zero-order valence-corrected chi connectivity index (χ0v) is 31.1. The van der Waals surface area contributed by atoms with Crippen molar-refractivity contribution in [3.05, 3.63) is 23.8 Å². The van der Waals surface area contributed by atoms with Gasteiger partial charge in [0.1, 0.15) is 18.2 Å². The van der Waals surface area contributed by atoms with Crippen LogP contribution in [0.3, 0.4) is 0 Å². The number of esters is 1. The Morgan fingerprint density at radius 3 is 2.47 bits per heavy atom. The quantitative estimate of drug-likeness (QED) is 0.290. The van der Waals surface area contributed by atoms with Crippen LogP contribution in [0.4, 0.5) is 0 Å². The molecule has 6 aliphatic heterocycles. The van der Waals surface area contributed by atoms with Crippen molar-refractivity contribution in [1.29, 1.82) is 0 Å². The number of aliphatic hydroxyl groups excluding tert-OH is 2. The Hall–Kier alpha value is -2.19. The van der Waals surface area contributed by atoms with Crippen LogP contribution in [0.2, 0.25) is 0 Å². The lowest BCUT2D eigenvalue weighted by Crippen LogP contribution is -2.63. The minimum atomic E-state index is -2.77. The smallest absolute Gasteiger partial charge is 0.329 e. The molecule has 15 unspecified atom stereocenters. The van der Waals surface area contributed by atoms with Crippen LogP contribution < -0.4 is 0 Å². The monoisotopic (exact) mass is 717 g/mol. The van der Waals surface area contributed by atoms with Gasteiger partial charge in [-0.05, 0) is 68.9 Å². The summed E-state index contributed by atoms with van der Waals surface area (Å²) in [5.41, 5.74) is 0.896. The molecule has 0 aromatic carbocycles. The van der Waals surface area contributed by atoms with E-state index in [1.807, 2.05) is 26.0 Å². The zero-order valence-electron chi connectivity index (χ0n) is 31.1. The predicted octanol–water partition coefficient (Wildman–Crippen LogP) is 3.45. The number of hydrogen-bond acceptors (Lipinski definition) is 11. The van der Waals surface area contributed by atoms with Gasteiger partial charge in [0.05, 0.1) is 31.0 Å². The second-order valence-corrected chi connectivity index (χ2v) is 16.4. The summed E-state index contributed by atoms with van der Waals surface area (Å²) < 4.78 is 31.5. The van der Waals surface area contributed by atoms with Gasteiger partial charge in [-0.15, -0.1) is 0 Å². The number of carbonyl (C=O) groups excluding carboxylic acids is 3. The van der Waals surface area contributed by atoms with Gasteiger partial charge in [0, 0.05) is 49.7 Å². The van der Waals surface area contributed by atoms with Crippen molar-refractivity contribution in [2.75, 3.05) is 20.3 Å². The predicted molar refractivity (Wildman–Crippen MR) is 185 cm³/mol. The van der Waals surface area contributed by atoms with E-state index in [0.29, 0.717) is 51.6 Å². The lowest BCUT2D eigenvalue weighted by atomic mass is 9.78. The molecular weight excluding hydrogens is 658 g/mol. The Morgan fingerprint density at radius 1 is 0.961 bits per heavy atom. The van der Waals surface area contributed by atoms with Crippen molar-refractivity contribution in [3.8, 4) is 0 Å². The molecule has 12 nitrogen and oxygen atoms in total. The molecule has 0 radical (unpaired) electrons. The standard InChI is InChI=1S/C39H59NO11/c1-21-10-14-32-25(5)34-27-20-48-38(51-34,23(3)17-22(27)2)19-30(42)24(4)31(15-12-26-11-13-29(41)33(18-26)47-6)49-36(44)28-9-7-8-16-40(28)37(45)39(46,50-32)35(21)43/h12,15,18,21-25,27-34,41-42,46H,7-11,13-14,16-17,19-20H2,1-6H3/b15-12+. The van der Waals surface area contributed by atoms with Crippen LogP contribution in [0.5, 0.6) is 0 Å². The van der Waals surface area contributed by atoms with Crippen molar-refractivity contribution >= 4 is 17.7 Å². The van der Waals surface area contributed by atoms with Gasteiger partial charge in [-0.2, -0.15) is 0 Å². The van der Waals surface area contributed by atoms with Gasteiger partial charge >= 0.3 is 11.8 Å². The van der Waals surface area contributed by atoms with E-state index in [1.54, 1.807) is 20.1 Å². The summed E-state index contributed by atoms with van der Waals surface area (Å²) in [6.45, 7) is 10.3. The maximum absolute atomic E-state index is 14.4. The van der Waals surface area contributed by atoms with E-state index in [2.05, 4.69) is 13.8 Å². The maximum Gasteiger partial charge on any atom is 0.329 e. The van der Waals surface area contributed by atoms with E-state index in [-0.39, 0.29) is 42.7 Å². The lowest BCUT2D eigenvalue weighted by Gasteiger charge is -2.49. The normalized spacial score (nSPS) is 47.3. The van der Waals surface area contributed by atoms with Crippen LogP contribution in [-0.4, -0.2) is 112 Å². The van der Waals surface area contributed by atoms with Crippen LogP contribution in [-0.2, 0) is 38.1 Å². The molecule has 15 atom stereocenters. The topological polar surface area (TPSA) is 161 Å². The van der Waals surface area contributed by atoms with E-state index >= 15 is 0 Å². The maximum atomic E-state index is 14.4. The SMILES string of the molecule is COC1C=C(/C=C/C2OC(=O)C3CCCCN3C(=O)C3(O)OC(CCC(C)C3=O)C(C)C3OC4(CC(O)C2C)OCC3C(C)CC4C)CCC1O. The largest absolute Gasteiger partial charge is 0.456 e. The Labute approximate surface area is 301 Å². The van der Waals surface area contributed by atoms with Crippen molar-refractivity contribution in [3.63, 3.8) is 0 Å². The Morgan fingerprint density at radius 2 is 1.73 bits per heavy atom. The number of cyclic esters (lactones) is 1. The van der Waals surface area contributed by atoms with Crippen molar-refractivity contribution in [2.45, 2.75) is 147 Å². The highest BCUT2D eigenvalue weighted by atomic mass is 16.7. The van der Waals surface area contributed by atoms with Gasteiger partial charge in [-0.1, -0.05) is 46.8 Å². The molecule has 1 amide bonds. The van der Waals surface area contributed by atoms with E-state index < -0.39 is 77.6 Å². The van der Waals surface area contributed by atoms with Crippen molar-refractivity contribution in [1.82, 2.24) is 4.90 Å². The Bertz CT molecular complexity index is 1370. The fourth-order valence-electron chi connectivity index (χ4n) is 9.41. The van der Waals surface area contributed by atoms with E-state index in [9.17, 15) is 29.7 Å². The van der Waals surface area contributed by atoms with Crippen LogP contribution >= 0.6 is 0 Å². The second-order valence-electron chi connectivity index (χ2n) is 16.4. The van der Waals surface area contributed by atoms with Crippen LogP contribution in [0.1, 0.15) is 92.4 Å². The van der Waals surface area contributed by atoms with E-state index in [0.717, 1.165) is 12.0 Å². The zero-order chi connectivity index (χ0) is 36.8. The average Bonchev–Trinajstić information content (AvgIpc) is 3.37. The van der Waals surface area contributed by atoms with Gasteiger partial charge in [0.15, 0.2) is 5.79 Å². The minimum Gasteiger partial charge on any atom is -0.456 e. The highest BCUT2D eigenvalue weighted by Crippen LogP contribution is 2.50. The number of nitrogens with zero attached hydrogens (tertiary/aromatic N) is 1. The molecular formula is C39H59NO11. The lowest BCUT2D eigenvalue weighted by molar-refractivity contribution is -0.345. The fraction of sp³-hybridized carbons (Fsp3) is 0.821. The first-order chi connectivity index (χ1) is 24.2. The number of ketones is 1. The summed E-state index contributed by atoms with van der Waals surface area (Å²) in [4.78, 5) is 43.7. The molecule has 51 heavy (non-hydrogen) atoms. The first kappa shape index (κ1) is 38.5. The highest BCUT2D eigenvalue weighted by molar-refractivity contribution is 6.09. The number of allylic oxidation sites excluding steroid dienone is 2. The number of methoxy groups -OCH3 is 1. The molecule has 0 aromatic heterocycles. The van der Waals surface area contributed by atoms with E-state index in [4.69, 9.17) is 23.7 Å². The summed E-state index contributed by atoms with van der Waals surface area (Å²) in [7, 11) is 1.54. The summed E-state index contributed by atoms with van der Waals surface area (Å²) in [5, 5.41) is 34.4. The molecule has 7 rings (SSSR count). The third-order valence-corrected chi connectivity index (χ3v) is 13.0. The van der Waals surface area contributed by atoms with Gasteiger partial charge < -0.3 is 43.9 Å². The van der Waals surface area contributed by atoms with E-state index in [1.165, 1.54) is 4.90 Å². The molecule has 1 spiro atoms. The third-order valence-electron chi connectivity index (χ3n) is 13.0. The number of amides is 1. The molecule has 7 aliphatic rings. The summed E-state index contributed by atoms with van der Waals surface area (Å²) in [6.07, 6.45) is 5.77. The first-order valence-electron chi connectivity index (χ1n) is 19.2. The Balaban J connectivity index is 1.42. The van der Waals surface area contributed by atoms with Gasteiger partial charge in [0.2, 0.25) is 5.78 Å². The molecule has 6 saturated heterocycles. The van der Waals surface area contributed by atoms with Crippen LogP contribution in [0.25, 0.3) is 0 Å². The Kier molecular flexibility index (Phi) is 11.5. The molecule has 6 heterocycles. The molecule has 0 aromatic rings. The molecule has 12 heteroatoms. The number of hydrogen-bond donors (Lipinski definition) is 3. The number of fused-ring (bicyclic) bond motifs is 6. The van der Waals surface area contributed by atoms with Crippen molar-refractivity contribution < 1.29 is 53.4 Å². The minimum absolute atomic E-state index is 0.00313. The molecule has 3 N–H and O–H groups in total. The highest BCUT2D eigenvalue weighted by Gasteiger charge is 2.59. The number of piperidine rings is 1. The summed E-state index contributed by atoms with van der Waals surface area (Å²) in [6, 6.07) is -1.05.